The van der Waals surface area contributed by atoms with Crippen molar-refractivity contribution in [3.05, 3.63) is 43.9 Å². The fourth-order valence-corrected chi connectivity index (χ4v) is 2.38. The molecular formula is C10H7N5O4S. The largest absolute Gasteiger partial charge is 0.420 e. The minimum absolute atomic E-state index is 0.0991. The van der Waals surface area contributed by atoms with Crippen LogP contribution in [0.15, 0.2) is 27.4 Å². The predicted molar refractivity (Wildman–Crippen MR) is 70.6 cm³/mol. The number of anilines is 1. The Bertz CT molecular complexity index is 864. The third-order valence-corrected chi connectivity index (χ3v) is 3.37. The quantitative estimate of drug-likeness (QED) is 0.562. The van der Waals surface area contributed by atoms with Gasteiger partial charge in [0.15, 0.2) is 5.58 Å². The minimum atomic E-state index is -0.616. The van der Waals surface area contributed by atoms with Gasteiger partial charge in [0, 0.05) is 12.1 Å². The molecule has 20 heavy (non-hydrogen) atoms. The number of hydrogen-bond acceptors (Lipinski definition) is 8. The molecule has 2 aromatic heterocycles. The zero-order valence-corrected chi connectivity index (χ0v) is 10.7. The van der Waals surface area contributed by atoms with E-state index in [2.05, 4.69) is 10.2 Å². The van der Waals surface area contributed by atoms with Gasteiger partial charge in [-0.05, 0) is 6.07 Å². The SMILES string of the molecule is Nc1nnc(Cn2c(=O)oc3ccc([N+](=O)[O-])cc32)s1. The molecule has 0 aliphatic heterocycles. The Morgan fingerprint density at radius 1 is 1.45 bits per heavy atom. The zero-order chi connectivity index (χ0) is 14.3. The lowest BCUT2D eigenvalue weighted by molar-refractivity contribution is -0.384. The van der Waals surface area contributed by atoms with E-state index in [9.17, 15) is 14.9 Å². The molecule has 0 unspecified atom stereocenters. The molecule has 1 aromatic carbocycles. The molecule has 0 saturated carbocycles. The smallest absolute Gasteiger partial charge is 0.408 e. The molecule has 10 heteroatoms. The molecule has 3 rings (SSSR count). The first-order valence-electron chi connectivity index (χ1n) is 5.40. The second kappa shape index (κ2) is 4.42. The van der Waals surface area contributed by atoms with Crippen LogP contribution in [0, 0.1) is 10.1 Å². The fraction of sp³-hybridized carbons (Fsp3) is 0.100. The molecule has 2 heterocycles. The summed E-state index contributed by atoms with van der Waals surface area (Å²) in [6, 6.07) is 3.95. The van der Waals surface area contributed by atoms with Gasteiger partial charge in [-0.15, -0.1) is 10.2 Å². The van der Waals surface area contributed by atoms with E-state index in [0.29, 0.717) is 10.5 Å². The van der Waals surface area contributed by atoms with E-state index in [4.69, 9.17) is 10.2 Å². The van der Waals surface area contributed by atoms with Gasteiger partial charge in [0.1, 0.15) is 5.01 Å². The number of non-ortho nitro benzene ring substituents is 1. The van der Waals surface area contributed by atoms with Crippen LogP contribution in [-0.2, 0) is 6.54 Å². The predicted octanol–water partition coefficient (Wildman–Crippen LogP) is 0.985. The van der Waals surface area contributed by atoms with Crippen LogP contribution in [-0.4, -0.2) is 19.7 Å². The van der Waals surface area contributed by atoms with E-state index in [1.165, 1.54) is 22.8 Å². The van der Waals surface area contributed by atoms with Gasteiger partial charge < -0.3 is 10.2 Å². The Morgan fingerprint density at radius 2 is 2.25 bits per heavy atom. The van der Waals surface area contributed by atoms with Crippen LogP contribution < -0.4 is 11.5 Å². The van der Waals surface area contributed by atoms with Crippen molar-refractivity contribution in [2.75, 3.05) is 5.73 Å². The van der Waals surface area contributed by atoms with Crippen molar-refractivity contribution < 1.29 is 9.34 Å². The van der Waals surface area contributed by atoms with Gasteiger partial charge in [0.05, 0.1) is 17.0 Å². The summed E-state index contributed by atoms with van der Waals surface area (Å²) < 4.78 is 6.28. The van der Waals surface area contributed by atoms with Gasteiger partial charge in [-0.1, -0.05) is 11.3 Å². The second-order valence-electron chi connectivity index (χ2n) is 3.90. The van der Waals surface area contributed by atoms with Gasteiger partial charge in [-0.2, -0.15) is 0 Å². The first kappa shape index (κ1) is 12.3. The number of nitrogens with zero attached hydrogens (tertiary/aromatic N) is 4. The summed E-state index contributed by atoms with van der Waals surface area (Å²) in [5.41, 5.74) is 5.95. The normalized spacial score (nSPS) is 11.0. The van der Waals surface area contributed by atoms with Gasteiger partial charge in [0.25, 0.3) is 5.69 Å². The summed E-state index contributed by atoms with van der Waals surface area (Å²) in [6.45, 7) is 0.0991. The molecule has 0 amide bonds. The molecular weight excluding hydrogens is 286 g/mol. The van der Waals surface area contributed by atoms with Crippen LogP contribution >= 0.6 is 11.3 Å². The monoisotopic (exact) mass is 293 g/mol. The van der Waals surface area contributed by atoms with Crippen LogP contribution in [0.5, 0.6) is 0 Å². The fourth-order valence-electron chi connectivity index (χ4n) is 1.78. The third kappa shape index (κ3) is 2.01. The van der Waals surface area contributed by atoms with Crippen molar-refractivity contribution >= 4 is 33.3 Å². The zero-order valence-electron chi connectivity index (χ0n) is 9.85. The van der Waals surface area contributed by atoms with E-state index >= 15 is 0 Å². The highest BCUT2D eigenvalue weighted by molar-refractivity contribution is 7.15. The number of aromatic nitrogens is 3. The highest BCUT2D eigenvalue weighted by Crippen LogP contribution is 2.21. The van der Waals surface area contributed by atoms with Gasteiger partial charge >= 0.3 is 5.76 Å². The van der Waals surface area contributed by atoms with Crippen molar-refractivity contribution in [3.8, 4) is 0 Å². The number of hydrogen-bond donors (Lipinski definition) is 1. The Morgan fingerprint density at radius 3 is 2.90 bits per heavy atom. The summed E-state index contributed by atoms with van der Waals surface area (Å²) in [6.07, 6.45) is 0. The number of fused-ring (bicyclic) bond motifs is 1. The summed E-state index contributed by atoms with van der Waals surface area (Å²) in [5, 5.41) is 19.0. The Balaban J connectivity index is 2.13. The van der Waals surface area contributed by atoms with Gasteiger partial charge in [0.2, 0.25) is 5.13 Å². The lowest BCUT2D eigenvalue weighted by atomic mass is 10.3. The first-order valence-corrected chi connectivity index (χ1v) is 6.22. The van der Waals surface area contributed by atoms with Crippen LogP contribution in [0.25, 0.3) is 11.1 Å². The summed E-state index contributed by atoms with van der Waals surface area (Å²) in [7, 11) is 0. The molecule has 0 aliphatic rings. The van der Waals surface area contributed by atoms with Crippen molar-refractivity contribution in [1.82, 2.24) is 14.8 Å². The molecule has 3 aromatic rings. The third-order valence-electron chi connectivity index (χ3n) is 2.64. The Kier molecular flexibility index (Phi) is 2.71. The maximum absolute atomic E-state index is 11.8. The van der Waals surface area contributed by atoms with Crippen LogP contribution in [0.2, 0.25) is 0 Å². The standard InChI is InChI=1S/C10H7N5O4S/c11-9-13-12-8(20-9)4-14-6-3-5(15(17)18)1-2-7(6)19-10(14)16/h1-3H,4H2,(H2,11,13). The van der Waals surface area contributed by atoms with Crippen LogP contribution in [0.4, 0.5) is 10.8 Å². The molecule has 9 nitrogen and oxygen atoms in total. The second-order valence-corrected chi connectivity index (χ2v) is 4.99. The van der Waals surface area contributed by atoms with Crippen LogP contribution in [0.3, 0.4) is 0 Å². The average Bonchev–Trinajstić information content (AvgIpc) is 2.94. The Hall–Kier alpha value is -2.75. The highest BCUT2D eigenvalue weighted by Gasteiger charge is 2.15. The molecule has 2 N–H and O–H groups in total. The molecule has 0 saturated heterocycles. The van der Waals surface area contributed by atoms with Crippen LogP contribution in [0.1, 0.15) is 5.01 Å². The number of nitrogen functional groups attached to an aromatic ring is 1. The van der Waals surface area contributed by atoms with Crippen molar-refractivity contribution in [2.24, 2.45) is 0 Å². The highest BCUT2D eigenvalue weighted by atomic mass is 32.1. The maximum atomic E-state index is 11.8. The molecule has 0 atom stereocenters. The molecule has 0 fully saturated rings. The molecule has 0 aliphatic carbocycles. The Labute approximate surface area is 114 Å². The number of benzene rings is 1. The number of nitrogens with two attached hydrogens (primary N) is 1. The molecule has 0 spiro atoms. The van der Waals surface area contributed by atoms with Crippen molar-refractivity contribution in [2.45, 2.75) is 6.54 Å². The molecule has 0 bridgehead atoms. The number of oxazole rings is 1. The number of rotatable bonds is 3. The van der Waals surface area contributed by atoms with E-state index in [1.807, 2.05) is 0 Å². The lowest BCUT2D eigenvalue weighted by Gasteiger charge is -1.97. The maximum Gasteiger partial charge on any atom is 0.420 e. The number of nitro groups is 1. The summed E-state index contributed by atoms with van der Waals surface area (Å²) in [4.78, 5) is 22.0. The van der Waals surface area contributed by atoms with Crippen molar-refractivity contribution in [3.63, 3.8) is 0 Å². The minimum Gasteiger partial charge on any atom is -0.408 e. The number of nitro benzene ring substituents is 1. The summed E-state index contributed by atoms with van der Waals surface area (Å²) in [5.74, 6) is -0.616. The average molecular weight is 293 g/mol. The van der Waals surface area contributed by atoms with E-state index < -0.39 is 10.7 Å². The van der Waals surface area contributed by atoms with E-state index in [0.717, 1.165) is 11.3 Å². The van der Waals surface area contributed by atoms with Gasteiger partial charge in [-0.3, -0.25) is 14.7 Å². The molecule has 0 radical (unpaired) electrons. The topological polar surface area (TPSA) is 130 Å². The van der Waals surface area contributed by atoms with E-state index in [-0.39, 0.29) is 22.9 Å². The van der Waals surface area contributed by atoms with E-state index in [1.54, 1.807) is 0 Å². The summed E-state index contributed by atoms with van der Waals surface area (Å²) >= 11 is 1.13. The first-order chi connectivity index (χ1) is 9.54. The molecule has 102 valence electrons. The lowest BCUT2D eigenvalue weighted by Crippen LogP contribution is -2.14. The van der Waals surface area contributed by atoms with Gasteiger partial charge in [-0.25, -0.2) is 4.79 Å². The van der Waals surface area contributed by atoms with Crippen molar-refractivity contribution in [1.29, 1.82) is 0 Å².